The van der Waals surface area contributed by atoms with Gasteiger partial charge in [0.2, 0.25) is 10.0 Å². The molecule has 0 saturated heterocycles. The highest BCUT2D eigenvalue weighted by Crippen LogP contribution is 2.23. The van der Waals surface area contributed by atoms with E-state index in [0.717, 1.165) is 16.8 Å². The Morgan fingerprint density at radius 2 is 1.76 bits per heavy atom. The maximum Gasteiger partial charge on any atom is 0.322 e. The summed E-state index contributed by atoms with van der Waals surface area (Å²) in [6.45, 7) is 1.75. The third-order valence-electron chi connectivity index (χ3n) is 5.00. The zero-order valence-corrected chi connectivity index (χ0v) is 19.4. The molecule has 2 aromatic carbocycles. The summed E-state index contributed by atoms with van der Waals surface area (Å²) in [4.78, 5) is 27.8. The van der Waals surface area contributed by atoms with Crippen molar-refractivity contribution in [2.45, 2.75) is 25.9 Å². The number of aliphatic carboxylic acids is 1. The van der Waals surface area contributed by atoms with Crippen molar-refractivity contribution in [1.29, 1.82) is 0 Å². The van der Waals surface area contributed by atoms with Crippen LogP contribution >= 0.6 is 0 Å². The second kappa shape index (κ2) is 11.4. The molecule has 3 rings (SSSR count). The smallest absolute Gasteiger partial charge is 0.322 e. The first-order valence-electron chi connectivity index (χ1n) is 10.6. The van der Waals surface area contributed by atoms with E-state index >= 15 is 0 Å². The molecule has 9 nitrogen and oxygen atoms in total. The first-order chi connectivity index (χ1) is 16.3. The number of anilines is 1. The molecule has 0 saturated carbocycles. The normalized spacial score (nSPS) is 12.0. The number of hydrogen-bond donors (Lipinski definition) is 4. The Morgan fingerprint density at radius 3 is 2.41 bits per heavy atom. The first-order valence-corrected chi connectivity index (χ1v) is 12.3. The number of aromatic nitrogens is 1. The molecule has 1 atom stereocenters. The summed E-state index contributed by atoms with van der Waals surface area (Å²) in [5, 5.41) is 14.9. The van der Waals surface area contributed by atoms with Crippen LogP contribution in [0.15, 0.2) is 72.9 Å². The molecule has 0 spiro atoms. The SMILES string of the molecule is CCS(=O)(=O)N[C@@H](Cc1ccc(-c2cccc(NC(=O)NCc3ccccn3)c2)cc1)C(=O)O. The van der Waals surface area contributed by atoms with Crippen molar-refractivity contribution in [2.24, 2.45) is 0 Å². The highest BCUT2D eigenvalue weighted by atomic mass is 32.2. The zero-order valence-electron chi connectivity index (χ0n) is 18.6. The molecule has 0 unspecified atom stereocenters. The third-order valence-corrected chi connectivity index (χ3v) is 6.41. The van der Waals surface area contributed by atoms with Gasteiger partial charge < -0.3 is 15.7 Å². The monoisotopic (exact) mass is 482 g/mol. The van der Waals surface area contributed by atoms with E-state index in [0.29, 0.717) is 17.8 Å². The molecule has 34 heavy (non-hydrogen) atoms. The summed E-state index contributed by atoms with van der Waals surface area (Å²) in [7, 11) is -3.64. The number of nitrogens with one attached hydrogen (secondary N) is 3. The van der Waals surface area contributed by atoms with Gasteiger partial charge >= 0.3 is 12.0 Å². The van der Waals surface area contributed by atoms with Crippen molar-refractivity contribution in [2.75, 3.05) is 11.1 Å². The van der Waals surface area contributed by atoms with Gasteiger partial charge in [-0.1, -0.05) is 42.5 Å². The number of carboxylic acid groups (broad SMARTS) is 1. The van der Waals surface area contributed by atoms with E-state index in [1.165, 1.54) is 6.92 Å². The number of pyridine rings is 1. The minimum atomic E-state index is -3.64. The molecular formula is C24H26N4O5S. The van der Waals surface area contributed by atoms with E-state index in [2.05, 4.69) is 20.3 Å². The van der Waals surface area contributed by atoms with Crippen LogP contribution in [0.25, 0.3) is 11.1 Å². The van der Waals surface area contributed by atoms with Crippen molar-refractivity contribution in [3.63, 3.8) is 0 Å². The maximum absolute atomic E-state index is 12.2. The van der Waals surface area contributed by atoms with Crippen LogP contribution < -0.4 is 15.4 Å². The van der Waals surface area contributed by atoms with Gasteiger partial charge in [-0.05, 0) is 54.3 Å². The molecule has 1 heterocycles. The number of nitrogens with zero attached hydrogens (tertiary/aromatic N) is 1. The van der Waals surface area contributed by atoms with E-state index in [4.69, 9.17) is 0 Å². The van der Waals surface area contributed by atoms with Gasteiger partial charge in [0.15, 0.2) is 0 Å². The number of benzene rings is 2. The molecule has 0 aliphatic rings. The number of carboxylic acids is 1. The molecule has 178 valence electrons. The van der Waals surface area contributed by atoms with Gasteiger partial charge in [0.25, 0.3) is 0 Å². The Kier molecular flexibility index (Phi) is 8.34. The molecule has 2 amide bonds. The summed E-state index contributed by atoms with van der Waals surface area (Å²) < 4.78 is 25.7. The molecule has 0 radical (unpaired) electrons. The minimum Gasteiger partial charge on any atom is -0.480 e. The summed E-state index contributed by atoms with van der Waals surface area (Å²) >= 11 is 0. The number of carbonyl (C=O) groups is 2. The Morgan fingerprint density at radius 1 is 1.00 bits per heavy atom. The van der Waals surface area contributed by atoms with Crippen molar-refractivity contribution in [3.05, 3.63) is 84.2 Å². The third kappa shape index (κ3) is 7.39. The Labute approximate surface area is 198 Å². The van der Waals surface area contributed by atoms with Gasteiger partial charge in [-0.15, -0.1) is 0 Å². The first kappa shape index (κ1) is 24.9. The van der Waals surface area contributed by atoms with Crippen LogP contribution in [-0.4, -0.2) is 42.3 Å². The number of urea groups is 1. The van der Waals surface area contributed by atoms with Crippen LogP contribution in [0.5, 0.6) is 0 Å². The van der Waals surface area contributed by atoms with E-state index in [9.17, 15) is 23.1 Å². The van der Waals surface area contributed by atoms with Crippen LogP contribution in [0, 0.1) is 0 Å². The highest BCUT2D eigenvalue weighted by Gasteiger charge is 2.23. The molecule has 4 N–H and O–H groups in total. The molecule has 10 heteroatoms. The summed E-state index contributed by atoms with van der Waals surface area (Å²) in [5.41, 5.74) is 3.76. The van der Waals surface area contributed by atoms with Gasteiger partial charge in [0, 0.05) is 11.9 Å². The lowest BCUT2D eigenvalue weighted by molar-refractivity contribution is -0.138. The van der Waals surface area contributed by atoms with Gasteiger partial charge in [-0.3, -0.25) is 9.78 Å². The number of rotatable bonds is 10. The molecule has 1 aromatic heterocycles. The summed E-state index contributed by atoms with van der Waals surface area (Å²) in [5.74, 6) is -1.43. The average Bonchev–Trinajstić information content (AvgIpc) is 2.83. The fourth-order valence-corrected chi connectivity index (χ4v) is 3.96. The van der Waals surface area contributed by atoms with Crippen molar-refractivity contribution in [1.82, 2.24) is 15.0 Å². The van der Waals surface area contributed by atoms with Crippen LogP contribution in [0.3, 0.4) is 0 Å². The fraction of sp³-hybridized carbons (Fsp3) is 0.208. The molecule has 0 aliphatic heterocycles. The molecule has 0 bridgehead atoms. The predicted octanol–water partition coefficient (Wildman–Crippen LogP) is 3.01. The van der Waals surface area contributed by atoms with E-state index in [-0.39, 0.29) is 18.2 Å². The summed E-state index contributed by atoms with van der Waals surface area (Å²) in [6.07, 6.45) is 1.68. The molecule has 0 fully saturated rings. The zero-order chi connectivity index (χ0) is 24.6. The Hall–Kier alpha value is -3.76. The van der Waals surface area contributed by atoms with Crippen molar-refractivity contribution >= 4 is 27.7 Å². The second-order valence-electron chi connectivity index (χ2n) is 7.52. The van der Waals surface area contributed by atoms with Gasteiger partial charge in [0.1, 0.15) is 6.04 Å². The van der Waals surface area contributed by atoms with Crippen molar-refractivity contribution < 1.29 is 23.1 Å². The van der Waals surface area contributed by atoms with Crippen molar-refractivity contribution in [3.8, 4) is 11.1 Å². The average molecular weight is 483 g/mol. The lowest BCUT2D eigenvalue weighted by Gasteiger charge is -2.14. The largest absolute Gasteiger partial charge is 0.480 e. The number of sulfonamides is 1. The molecular weight excluding hydrogens is 456 g/mol. The molecule has 0 aliphatic carbocycles. The topological polar surface area (TPSA) is 137 Å². The second-order valence-corrected chi connectivity index (χ2v) is 9.57. The predicted molar refractivity (Wildman–Crippen MR) is 130 cm³/mol. The van der Waals surface area contributed by atoms with E-state index in [1.54, 1.807) is 30.5 Å². The van der Waals surface area contributed by atoms with Crippen LogP contribution in [0.2, 0.25) is 0 Å². The number of hydrogen-bond acceptors (Lipinski definition) is 5. The van der Waals surface area contributed by atoms with Crippen LogP contribution in [-0.2, 0) is 27.8 Å². The lowest BCUT2D eigenvalue weighted by Crippen LogP contribution is -2.42. The van der Waals surface area contributed by atoms with Gasteiger partial charge in [0.05, 0.1) is 18.0 Å². The summed E-state index contributed by atoms with van der Waals surface area (Å²) in [6, 6.07) is 18.3. The number of amides is 2. The van der Waals surface area contributed by atoms with Crippen LogP contribution in [0.1, 0.15) is 18.2 Å². The van der Waals surface area contributed by atoms with E-state index in [1.807, 2.05) is 42.5 Å². The van der Waals surface area contributed by atoms with E-state index < -0.39 is 22.0 Å². The lowest BCUT2D eigenvalue weighted by atomic mass is 10.0. The standard InChI is InChI=1S/C24H26N4O5S/c1-2-34(32,33)28-22(23(29)30)14-17-9-11-18(12-10-17)19-6-5-8-20(15-19)27-24(31)26-16-21-7-3-4-13-25-21/h3-13,15,22,28H,2,14,16H2,1H3,(H,29,30)(H2,26,27,31)/t22-/m0/s1. The Bertz CT molecular complexity index is 1230. The fourth-order valence-electron chi connectivity index (χ4n) is 3.17. The number of carbonyl (C=O) groups excluding carboxylic acids is 1. The molecule has 3 aromatic rings. The quantitative estimate of drug-likeness (QED) is 0.351. The van der Waals surface area contributed by atoms with Gasteiger partial charge in [-0.2, -0.15) is 0 Å². The maximum atomic E-state index is 12.2. The Balaban J connectivity index is 1.63. The van der Waals surface area contributed by atoms with Crippen LogP contribution in [0.4, 0.5) is 10.5 Å². The van der Waals surface area contributed by atoms with Gasteiger partial charge in [-0.25, -0.2) is 17.9 Å². The minimum absolute atomic E-state index is 0.0207. The highest BCUT2D eigenvalue weighted by molar-refractivity contribution is 7.89.